The van der Waals surface area contributed by atoms with Gasteiger partial charge in [-0.05, 0) is 37.1 Å². The van der Waals surface area contributed by atoms with Crippen LogP contribution in [0.3, 0.4) is 0 Å². The van der Waals surface area contributed by atoms with Gasteiger partial charge in [-0.2, -0.15) is 0 Å². The third-order valence-corrected chi connectivity index (χ3v) is 3.84. The number of halogens is 2. The van der Waals surface area contributed by atoms with E-state index in [1.165, 1.54) is 25.0 Å². The van der Waals surface area contributed by atoms with Crippen LogP contribution >= 0.6 is 11.6 Å². The largest absolute Gasteiger partial charge is 0.311 e. The van der Waals surface area contributed by atoms with Crippen LogP contribution in [0.4, 0.5) is 4.39 Å². The molecule has 0 aromatic heterocycles. The number of hydrogen-bond acceptors (Lipinski definition) is 2. The number of piperidine rings is 1. The summed E-state index contributed by atoms with van der Waals surface area (Å²) < 4.78 is 13.0. The number of hydrogen-bond donors (Lipinski definition) is 1. The van der Waals surface area contributed by atoms with E-state index in [1.807, 2.05) is 0 Å². The number of likely N-dealkylation sites (tertiary alicyclic amines) is 1. The van der Waals surface area contributed by atoms with Crippen LogP contribution in [-0.2, 0) is 6.54 Å². The predicted molar refractivity (Wildman–Crippen MR) is 78.0 cm³/mol. The van der Waals surface area contributed by atoms with Crippen molar-refractivity contribution >= 4 is 11.6 Å². The van der Waals surface area contributed by atoms with Gasteiger partial charge in [0.2, 0.25) is 0 Å². The summed E-state index contributed by atoms with van der Waals surface area (Å²) in [7, 11) is 0. The van der Waals surface area contributed by atoms with E-state index in [-0.39, 0.29) is 5.82 Å². The summed E-state index contributed by atoms with van der Waals surface area (Å²) in [5.74, 6) is -0.272. The van der Waals surface area contributed by atoms with Crippen LogP contribution in [0.1, 0.15) is 32.3 Å². The zero-order chi connectivity index (χ0) is 13.8. The molecule has 1 heterocycles. The molecule has 1 fully saturated rings. The molecule has 0 aliphatic carbocycles. The summed E-state index contributed by atoms with van der Waals surface area (Å²) in [5.41, 5.74) is 1.01. The van der Waals surface area contributed by atoms with Gasteiger partial charge in [0.05, 0.1) is 0 Å². The summed E-state index contributed by atoms with van der Waals surface area (Å²) in [4.78, 5) is 2.39. The molecule has 0 radical (unpaired) electrons. The van der Waals surface area contributed by atoms with Crippen molar-refractivity contribution in [3.63, 3.8) is 0 Å². The first-order valence-electron chi connectivity index (χ1n) is 6.97. The van der Waals surface area contributed by atoms with Crippen LogP contribution in [0, 0.1) is 5.82 Å². The lowest BCUT2D eigenvalue weighted by Gasteiger charge is -2.34. The van der Waals surface area contributed by atoms with E-state index in [4.69, 9.17) is 11.6 Å². The Kier molecular flexibility index (Phi) is 5.20. The molecule has 1 aromatic carbocycles. The highest BCUT2D eigenvalue weighted by Crippen LogP contribution is 2.21. The summed E-state index contributed by atoms with van der Waals surface area (Å²) in [6.07, 6.45) is 2.43. The molecule has 1 saturated heterocycles. The lowest BCUT2D eigenvalue weighted by atomic mass is 10.0. The zero-order valence-electron chi connectivity index (χ0n) is 11.6. The molecule has 2 rings (SSSR count). The molecule has 0 amide bonds. The maximum absolute atomic E-state index is 13.0. The third-order valence-electron chi connectivity index (χ3n) is 3.48. The van der Waals surface area contributed by atoms with Crippen LogP contribution in [0.5, 0.6) is 0 Å². The maximum atomic E-state index is 13.0. The topological polar surface area (TPSA) is 15.3 Å². The fourth-order valence-corrected chi connectivity index (χ4v) is 2.92. The van der Waals surface area contributed by atoms with E-state index in [1.54, 1.807) is 6.07 Å². The summed E-state index contributed by atoms with van der Waals surface area (Å²) in [5, 5.41) is 4.11. The normalized spacial score (nSPS) is 21.0. The Labute approximate surface area is 119 Å². The average Bonchev–Trinajstić information content (AvgIpc) is 2.32. The van der Waals surface area contributed by atoms with Gasteiger partial charge in [-0.3, -0.25) is 4.90 Å². The Balaban J connectivity index is 1.94. The van der Waals surface area contributed by atoms with Gasteiger partial charge in [-0.25, -0.2) is 4.39 Å². The van der Waals surface area contributed by atoms with Crippen molar-refractivity contribution in [2.24, 2.45) is 0 Å². The molecular weight excluding hydrogens is 263 g/mol. The van der Waals surface area contributed by atoms with E-state index in [0.29, 0.717) is 17.1 Å². The molecule has 1 aliphatic rings. The van der Waals surface area contributed by atoms with E-state index >= 15 is 0 Å². The standard InChI is InChI=1S/C15H22ClFN2/c1-11(2)18-14-4-3-7-19(10-14)9-12-5-6-13(17)8-15(12)16/h5-6,8,11,14,18H,3-4,7,9-10H2,1-2H3. The van der Waals surface area contributed by atoms with Crippen molar-refractivity contribution in [2.75, 3.05) is 13.1 Å². The van der Waals surface area contributed by atoms with E-state index < -0.39 is 0 Å². The Morgan fingerprint density at radius 2 is 2.26 bits per heavy atom. The fourth-order valence-electron chi connectivity index (χ4n) is 2.70. The van der Waals surface area contributed by atoms with Gasteiger partial charge in [0.1, 0.15) is 5.82 Å². The smallest absolute Gasteiger partial charge is 0.124 e. The molecular formula is C15H22ClFN2. The number of nitrogens with zero attached hydrogens (tertiary/aromatic N) is 1. The Morgan fingerprint density at radius 3 is 2.95 bits per heavy atom. The van der Waals surface area contributed by atoms with Crippen molar-refractivity contribution in [3.05, 3.63) is 34.6 Å². The van der Waals surface area contributed by atoms with Gasteiger partial charge in [0, 0.05) is 30.2 Å². The molecule has 0 spiro atoms. The zero-order valence-corrected chi connectivity index (χ0v) is 12.4. The van der Waals surface area contributed by atoms with Crippen molar-refractivity contribution in [1.29, 1.82) is 0 Å². The summed E-state index contributed by atoms with van der Waals surface area (Å²) in [6, 6.07) is 5.73. The molecule has 106 valence electrons. The molecule has 1 aromatic rings. The van der Waals surface area contributed by atoms with Crippen LogP contribution in [0.25, 0.3) is 0 Å². The first-order valence-corrected chi connectivity index (χ1v) is 7.34. The fraction of sp³-hybridized carbons (Fsp3) is 0.600. The van der Waals surface area contributed by atoms with E-state index in [9.17, 15) is 4.39 Å². The molecule has 2 nitrogen and oxygen atoms in total. The van der Waals surface area contributed by atoms with Crippen molar-refractivity contribution in [3.8, 4) is 0 Å². The van der Waals surface area contributed by atoms with Gasteiger partial charge in [0.15, 0.2) is 0 Å². The van der Waals surface area contributed by atoms with Gasteiger partial charge in [0.25, 0.3) is 0 Å². The first kappa shape index (κ1) is 14.8. The Bertz CT molecular complexity index is 423. The van der Waals surface area contributed by atoms with Crippen LogP contribution in [0.15, 0.2) is 18.2 Å². The highest BCUT2D eigenvalue weighted by Gasteiger charge is 2.20. The monoisotopic (exact) mass is 284 g/mol. The lowest BCUT2D eigenvalue weighted by Crippen LogP contribution is -2.47. The molecule has 1 unspecified atom stereocenters. The summed E-state index contributed by atoms with van der Waals surface area (Å²) in [6.45, 7) is 7.27. The first-order chi connectivity index (χ1) is 9.04. The van der Waals surface area contributed by atoms with Gasteiger partial charge in [-0.15, -0.1) is 0 Å². The number of nitrogens with one attached hydrogen (secondary N) is 1. The molecule has 1 atom stereocenters. The van der Waals surface area contributed by atoms with Crippen molar-refractivity contribution in [1.82, 2.24) is 10.2 Å². The molecule has 1 aliphatic heterocycles. The minimum atomic E-state index is -0.272. The Morgan fingerprint density at radius 1 is 1.47 bits per heavy atom. The molecule has 0 saturated carbocycles. The van der Waals surface area contributed by atoms with Gasteiger partial charge >= 0.3 is 0 Å². The highest BCUT2D eigenvalue weighted by molar-refractivity contribution is 6.31. The minimum Gasteiger partial charge on any atom is -0.311 e. The molecule has 0 bridgehead atoms. The second kappa shape index (κ2) is 6.69. The second-order valence-corrected chi connectivity index (χ2v) is 6.04. The quantitative estimate of drug-likeness (QED) is 0.911. The van der Waals surface area contributed by atoms with Crippen LogP contribution in [0.2, 0.25) is 5.02 Å². The molecule has 4 heteroatoms. The molecule has 19 heavy (non-hydrogen) atoms. The highest BCUT2D eigenvalue weighted by atomic mass is 35.5. The predicted octanol–water partition coefficient (Wildman–Crippen LogP) is 3.44. The number of rotatable bonds is 4. The minimum absolute atomic E-state index is 0.272. The Hall–Kier alpha value is -0.640. The lowest BCUT2D eigenvalue weighted by molar-refractivity contribution is 0.178. The van der Waals surface area contributed by atoms with Crippen molar-refractivity contribution < 1.29 is 4.39 Å². The van der Waals surface area contributed by atoms with Crippen LogP contribution < -0.4 is 5.32 Å². The van der Waals surface area contributed by atoms with Gasteiger partial charge < -0.3 is 5.32 Å². The summed E-state index contributed by atoms with van der Waals surface area (Å²) >= 11 is 6.09. The second-order valence-electron chi connectivity index (χ2n) is 5.63. The third kappa shape index (κ3) is 4.44. The van der Waals surface area contributed by atoms with Crippen LogP contribution in [-0.4, -0.2) is 30.1 Å². The maximum Gasteiger partial charge on any atom is 0.124 e. The average molecular weight is 285 g/mol. The van der Waals surface area contributed by atoms with Gasteiger partial charge in [-0.1, -0.05) is 31.5 Å². The van der Waals surface area contributed by atoms with Crippen molar-refractivity contribution in [2.45, 2.75) is 45.3 Å². The molecule has 1 N–H and O–H groups in total. The number of benzene rings is 1. The van der Waals surface area contributed by atoms with E-state index in [0.717, 1.165) is 25.2 Å². The SMILES string of the molecule is CC(C)NC1CCCN(Cc2ccc(F)cc2Cl)C1. The van der Waals surface area contributed by atoms with E-state index in [2.05, 4.69) is 24.1 Å².